The van der Waals surface area contributed by atoms with Crippen LogP contribution < -0.4 is 5.14 Å². The molecular weight excluding hydrogens is 218 g/mol. The maximum Gasteiger partial charge on any atom is 0.231 e. The Bertz CT molecular complexity index is 393. The molecule has 0 aliphatic rings. The number of thiophene rings is 1. The third kappa shape index (κ3) is 3.36. The van der Waals surface area contributed by atoms with Gasteiger partial charge >= 0.3 is 0 Å². The summed E-state index contributed by atoms with van der Waals surface area (Å²) in [6.45, 7) is 0. The Kier molecular flexibility index (Phi) is 2.89. The van der Waals surface area contributed by atoms with Gasteiger partial charge in [0.25, 0.3) is 0 Å². The molecule has 6 heteroatoms. The SMILES string of the molecule is NS(=O)(=O)/C=C/c1ccc(Cl)s1. The van der Waals surface area contributed by atoms with E-state index in [4.69, 9.17) is 16.7 Å². The second-order valence-corrected chi connectivity index (χ2v) is 5.23. The first-order valence-electron chi connectivity index (χ1n) is 2.93. The minimum atomic E-state index is -3.53. The molecule has 0 aliphatic heterocycles. The van der Waals surface area contributed by atoms with Crippen molar-refractivity contribution < 1.29 is 8.42 Å². The fraction of sp³-hybridized carbons (Fsp3) is 0. The second kappa shape index (κ2) is 3.57. The average molecular weight is 224 g/mol. The molecule has 66 valence electrons. The van der Waals surface area contributed by atoms with Crippen LogP contribution in [0.4, 0.5) is 0 Å². The van der Waals surface area contributed by atoms with E-state index in [9.17, 15) is 8.42 Å². The van der Waals surface area contributed by atoms with Gasteiger partial charge in [-0.1, -0.05) is 11.6 Å². The molecule has 1 rings (SSSR count). The summed E-state index contributed by atoms with van der Waals surface area (Å²) in [4.78, 5) is 0.758. The van der Waals surface area contributed by atoms with Crippen molar-refractivity contribution >= 4 is 39.0 Å². The quantitative estimate of drug-likeness (QED) is 0.829. The Morgan fingerprint density at radius 3 is 2.58 bits per heavy atom. The van der Waals surface area contributed by atoms with Crippen LogP contribution in [-0.2, 0) is 10.0 Å². The molecule has 3 nitrogen and oxygen atoms in total. The Morgan fingerprint density at radius 2 is 2.17 bits per heavy atom. The van der Waals surface area contributed by atoms with E-state index in [1.54, 1.807) is 12.1 Å². The lowest BCUT2D eigenvalue weighted by Gasteiger charge is -1.83. The molecule has 2 N–H and O–H groups in total. The predicted molar refractivity (Wildman–Crippen MR) is 51.5 cm³/mol. The molecule has 0 aromatic carbocycles. The number of primary sulfonamides is 1. The van der Waals surface area contributed by atoms with Gasteiger partial charge in [0.15, 0.2) is 0 Å². The van der Waals surface area contributed by atoms with Crippen LogP contribution in [0.1, 0.15) is 4.88 Å². The van der Waals surface area contributed by atoms with Crippen molar-refractivity contribution in [2.24, 2.45) is 5.14 Å². The normalized spacial score (nSPS) is 12.5. The highest BCUT2D eigenvalue weighted by Gasteiger charge is 1.96. The fourth-order valence-corrected chi connectivity index (χ4v) is 1.97. The van der Waals surface area contributed by atoms with Crippen molar-refractivity contribution in [1.82, 2.24) is 0 Å². The average Bonchev–Trinajstić information content (AvgIpc) is 2.30. The molecule has 0 aliphatic carbocycles. The molecule has 1 aromatic rings. The molecule has 0 radical (unpaired) electrons. The van der Waals surface area contributed by atoms with Gasteiger partial charge in [0.2, 0.25) is 10.0 Å². The van der Waals surface area contributed by atoms with Gasteiger partial charge in [0.05, 0.1) is 4.34 Å². The monoisotopic (exact) mass is 223 g/mol. The summed E-state index contributed by atoms with van der Waals surface area (Å²) in [5.74, 6) is 0. The third-order valence-corrected chi connectivity index (χ3v) is 2.73. The predicted octanol–water partition coefficient (Wildman–Crippen LogP) is 1.66. The molecule has 0 saturated carbocycles. The van der Waals surface area contributed by atoms with E-state index in [1.165, 1.54) is 17.4 Å². The lowest BCUT2D eigenvalue weighted by molar-refractivity contribution is 0.606. The van der Waals surface area contributed by atoms with Gasteiger partial charge in [-0.3, -0.25) is 0 Å². The molecule has 1 heterocycles. The zero-order valence-electron chi connectivity index (χ0n) is 5.90. The summed E-state index contributed by atoms with van der Waals surface area (Å²) >= 11 is 6.90. The van der Waals surface area contributed by atoms with Gasteiger partial charge in [0, 0.05) is 10.3 Å². The summed E-state index contributed by atoms with van der Waals surface area (Å²) in [6, 6.07) is 3.41. The van der Waals surface area contributed by atoms with Crippen LogP contribution in [-0.4, -0.2) is 8.42 Å². The Balaban J connectivity index is 2.84. The summed E-state index contributed by atoms with van der Waals surface area (Å²) in [5, 5.41) is 5.69. The highest BCUT2D eigenvalue weighted by Crippen LogP contribution is 2.22. The van der Waals surface area contributed by atoms with Crippen LogP contribution in [0, 0.1) is 0 Å². The molecule has 0 amide bonds. The van der Waals surface area contributed by atoms with Gasteiger partial charge in [-0.15, -0.1) is 11.3 Å². The first kappa shape index (κ1) is 9.73. The lowest BCUT2D eigenvalue weighted by Crippen LogP contribution is -2.06. The van der Waals surface area contributed by atoms with E-state index in [0.29, 0.717) is 4.34 Å². The van der Waals surface area contributed by atoms with Crippen molar-refractivity contribution in [2.75, 3.05) is 0 Å². The maximum absolute atomic E-state index is 10.5. The minimum absolute atomic E-state index is 0.615. The first-order chi connectivity index (χ1) is 5.47. The molecule has 0 unspecified atom stereocenters. The first-order valence-corrected chi connectivity index (χ1v) is 5.74. The van der Waals surface area contributed by atoms with E-state index >= 15 is 0 Å². The van der Waals surface area contributed by atoms with Crippen LogP contribution >= 0.6 is 22.9 Å². The Labute approximate surface area is 79.5 Å². The van der Waals surface area contributed by atoms with Gasteiger partial charge in [-0.25, -0.2) is 13.6 Å². The van der Waals surface area contributed by atoms with Crippen molar-refractivity contribution in [2.45, 2.75) is 0 Å². The van der Waals surface area contributed by atoms with Crippen molar-refractivity contribution in [3.05, 3.63) is 26.8 Å². The van der Waals surface area contributed by atoms with Crippen molar-refractivity contribution in [3.8, 4) is 0 Å². The van der Waals surface area contributed by atoms with Crippen LogP contribution in [0.15, 0.2) is 17.5 Å². The molecule has 0 atom stereocenters. The maximum atomic E-state index is 10.5. The number of halogens is 1. The van der Waals surface area contributed by atoms with E-state index in [2.05, 4.69) is 0 Å². The Morgan fingerprint density at radius 1 is 1.50 bits per heavy atom. The molecule has 0 spiro atoms. The fourth-order valence-electron chi connectivity index (χ4n) is 0.580. The van der Waals surface area contributed by atoms with Crippen LogP contribution in [0.2, 0.25) is 4.34 Å². The van der Waals surface area contributed by atoms with Crippen LogP contribution in [0.5, 0.6) is 0 Å². The van der Waals surface area contributed by atoms with E-state index < -0.39 is 10.0 Å². The molecule has 0 saturated heterocycles. The van der Waals surface area contributed by atoms with E-state index in [1.807, 2.05) is 0 Å². The lowest BCUT2D eigenvalue weighted by atomic mass is 10.5. The number of hydrogen-bond donors (Lipinski definition) is 1. The van der Waals surface area contributed by atoms with E-state index in [0.717, 1.165) is 10.3 Å². The number of sulfonamides is 1. The van der Waals surface area contributed by atoms with Crippen molar-refractivity contribution in [1.29, 1.82) is 0 Å². The summed E-state index contributed by atoms with van der Waals surface area (Å²) < 4.78 is 21.6. The Hall–Kier alpha value is -0.360. The summed E-state index contributed by atoms with van der Waals surface area (Å²) in [5.41, 5.74) is 0. The number of hydrogen-bond acceptors (Lipinski definition) is 3. The van der Waals surface area contributed by atoms with Gasteiger partial charge in [-0.05, 0) is 18.2 Å². The topological polar surface area (TPSA) is 60.2 Å². The molecular formula is C6H6ClNO2S2. The zero-order valence-corrected chi connectivity index (χ0v) is 8.29. The number of rotatable bonds is 2. The van der Waals surface area contributed by atoms with Crippen molar-refractivity contribution in [3.63, 3.8) is 0 Å². The standard InChI is InChI=1S/C6H6ClNO2S2/c7-6-2-1-5(11-6)3-4-12(8,9)10/h1-4H,(H2,8,9,10)/b4-3+. The van der Waals surface area contributed by atoms with Gasteiger partial charge in [-0.2, -0.15) is 0 Å². The molecule has 12 heavy (non-hydrogen) atoms. The summed E-state index contributed by atoms with van der Waals surface area (Å²) in [6.07, 6.45) is 1.41. The highest BCUT2D eigenvalue weighted by molar-refractivity contribution is 7.92. The smallest absolute Gasteiger partial charge is 0.225 e. The molecule has 1 aromatic heterocycles. The van der Waals surface area contributed by atoms with E-state index in [-0.39, 0.29) is 0 Å². The second-order valence-electron chi connectivity index (χ2n) is 2.03. The number of nitrogens with two attached hydrogens (primary N) is 1. The third-order valence-electron chi connectivity index (χ3n) is 1.02. The molecule has 0 fully saturated rings. The largest absolute Gasteiger partial charge is 0.231 e. The van der Waals surface area contributed by atoms with Gasteiger partial charge in [0.1, 0.15) is 0 Å². The summed E-state index contributed by atoms with van der Waals surface area (Å²) in [7, 11) is -3.53. The van der Waals surface area contributed by atoms with Crippen LogP contribution in [0.25, 0.3) is 6.08 Å². The minimum Gasteiger partial charge on any atom is -0.225 e. The molecule has 0 bridgehead atoms. The van der Waals surface area contributed by atoms with Gasteiger partial charge < -0.3 is 0 Å². The highest BCUT2D eigenvalue weighted by atomic mass is 35.5. The zero-order chi connectivity index (χ0) is 9.19. The van der Waals surface area contributed by atoms with Crippen LogP contribution in [0.3, 0.4) is 0 Å².